The zero-order chi connectivity index (χ0) is 22.2. The Hall–Kier alpha value is -3.61. The number of aryl methyl sites for hydroxylation is 2. The van der Waals surface area contributed by atoms with Crippen molar-refractivity contribution in [2.24, 2.45) is 0 Å². The number of carbonyl (C=O) groups excluding carboxylic acids is 1. The molecule has 0 saturated carbocycles. The van der Waals surface area contributed by atoms with Crippen LogP contribution in [0.25, 0.3) is 16.7 Å². The van der Waals surface area contributed by atoms with Crippen LogP contribution in [0.4, 0.5) is 0 Å². The number of nitrogens with zero attached hydrogens (tertiary/aromatic N) is 4. The van der Waals surface area contributed by atoms with E-state index in [0.29, 0.717) is 11.5 Å². The summed E-state index contributed by atoms with van der Waals surface area (Å²) in [6.45, 7) is 5.42. The number of pyridine rings is 1. The van der Waals surface area contributed by atoms with Crippen LogP contribution >= 0.6 is 0 Å². The van der Waals surface area contributed by atoms with Gasteiger partial charge in [0, 0.05) is 42.1 Å². The molecule has 1 aliphatic heterocycles. The van der Waals surface area contributed by atoms with Gasteiger partial charge in [-0.25, -0.2) is 9.67 Å². The highest BCUT2D eigenvalue weighted by Gasteiger charge is 2.26. The lowest BCUT2D eigenvalue weighted by Gasteiger charge is -2.32. The smallest absolute Gasteiger partial charge is 0.255 e. The van der Waals surface area contributed by atoms with Gasteiger partial charge in [-0.2, -0.15) is 5.10 Å². The lowest BCUT2D eigenvalue weighted by atomic mass is 9.89. The number of amides is 1. The fraction of sp³-hybridized carbons (Fsp3) is 0.320. The average molecular weight is 430 g/mol. The number of H-pyrrole nitrogens is 1. The van der Waals surface area contributed by atoms with Gasteiger partial charge >= 0.3 is 0 Å². The number of rotatable bonds is 4. The fourth-order valence-electron chi connectivity index (χ4n) is 4.66. The van der Waals surface area contributed by atoms with Crippen molar-refractivity contribution < 1.29 is 9.53 Å². The summed E-state index contributed by atoms with van der Waals surface area (Å²) in [7, 11) is 1.69. The molecule has 0 atom stereocenters. The highest BCUT2D eigenvalue weighted by atomic mass is 16.5. The molecule has 1 saturated heterocycles. The van der Waals surface area contributed by atoms with Crippen molar-refractivity contribution in [1.82, 2.24) is 24.6 Å². The summed E-state index contributed by atoms with van der Waals surface area (Å²) in [6, 6.07) is 11.8. The average Bonchev–Trinajstić information content (AvgIpc) is 3.40. The number of ether oxygens (including phenoxy) is 1. The molecule has 1 N–H and O–H groups in total. The second kappa shape index (κ2) is 8.15. The number of benzene rings is 1. The van der Waals surface area contributed by atoms with Gasteiger partial charge in [-0.1, -0.05) is 0 Å². The molecule has 32 heavy (non-hydrogen) atoms. The third-order valence-electron chi connectivity index (χ3n) is 6.36. The van der Waals surface area contributed by atoms with E-state index in [1.165, 1.54) is 10.9 Å². The zero-order valence-electron chi connectivity index (χ0n) is 18.6. The van der Waals surface area contributed by atoms with Gasteiger partial charge < -0.3 is 14.6 Å². The van der Waals surface area contributed by atoms with Crippen molar-refractivity contribution in [3.63, 3.8) is 0 Å². The summed E-state index contributed by atoms with van der Waals surface area (Å²) in [6.07, 6.45) is 5.64. The molecule has 1 aliphatic rings. The van der Waals surface area contributed by atoms with E-state index in [2.05, 4.69) is 33.4 Å². The number of aromatic amines is 1. The maximum absolute atomic E-state index is 13.0. The van der Waals surface area contributed by atoms with E-state index in [0.717, 1.165) is 54.4 Å². The lowest BCUT2D eigenvalue weighted by molar-refractivity contribution is 0.0713. The van der Waals surface area contributed by atoms with Gasteiger partial charge in [-0.15, -0.1) is 0 Å². The topological polar surface area (TPSA) is 76.0 Å². The fourth-order valence-corrected chi connectivity index (χ4v) is 4.66. The summed E-state index contributed by atoms with van der Waals surface area (Å²) in [4.78, 5) is 22.8. The zero-order valence-corrected chi connectivity index (χ0v) is 18.6. The largest absolute Gasteiger partial charge is 0.497 e. The minimum Gasteiger partial charge on any atom is -0.497 e. The van der Waals surface area contributed by atoms with Crippen molar-refractivity contribution >= 4 is 16.8 Å². The Kier molecular flexibility index (Phi) is 5.17. The molecule has 3 aromatic heterocycles. The van der Waals surface area contributed by atoms with E-state index in [4.69, 9.17) is 4.74 Å². The Morgan fingerprint density at radius 2 is 1.94 bits per heavy atom. The number of hydrogen-bond acceptors (Lipinski definition) is 4. The molecule has 1 aromatic carbocycles. The van der Waals surface area contributed by atoms with Crippen molar-refractivity contribution in [2.45, 2.75) is 32.6 Å². The molecule has 1 amide bonds. The number of fused-ring (bicyclic) bond motifs is 1. The molecule has 0 unspecified atom stereocenters. The van der Waals surface area contributed by atoms with E-state index in [1.54, 1.807) is 18.0 Å². The van der Waals surface area contributed by atoms with Gasteiger partial charge in [0.05, 0.1) is 18.4 Å². The molecule has 0 aliphatic carbocycles. The predicted octanol–water partition coefficient (Wildman–Crippen LogP) is 4.39. The van der Waals surface area contributed by atoms with Crippen LogP contribution in [-0.2, 0) is 0 Å². The van der Waals surface area contributed by atoms with Crippen LogP contribution in [0.3, 0.4) is 0 Å². The minimum atomic E-state index is 0.0384. The second-order valence-electron chi connectivity index (χ2n) is 8.47. The minimum absolute atomic E-state index is 0.0384. The third kappa shape index (κ3) is 3.64. The molecule has 0 spiro atoms. The van der Waals surface area contributed by atoms with E-state index in [9.17, 15) is 4.79 Å². The highest BCUT2D eigenvalue weighted by molar-refractivity contribution is 5.94. The summed E-state index contributed by atoms with van der Waals surface area (Å²) >= 11 is 0. The Balaban J connectivity index is 1.27. The van der Waals surface area contributed by atoms with E-state index < -0.39 is 0 Å². The van der Waals surface area contributed by atoms with Crippen LogP contribution in [0.5, 0.6) is 5.75 Å². The number of hydrogen-bond donors (Lipinski definition) is 1. The molecular formula is C25H27N5O2. The van der Waals surface area contributed by atoms with E-state index >= 15 is 0 Å². The van der Waals surface area contributed by atoms with Crippen LogP contribution in [0.1, 0.15) is 46.1 Å². The highest BCUT2D eigenvalue weighted by Crippen LogP contribution is 2.35. The standard InChI is InChI=1S/C25H27N5O2/c1-16-12-17(2)30(28-16)24-7-4-19(14-27-24)25(31)29-10-8-18(9-11-29)22-15-26-23-6-5-20(32-3)13-21(22)23/h4-7,12-15,18,26H,8-11H2,1-3H3. The van der Waals surface area contributed by atoms with Crippen LogP contribution in [0, 0.1) is 13.8 Å². The number of nitrogens with one attached hydrogen (secondary N) is 1. The van der Waals surface area contributed by atoms with Crippen LogP contribution in [0.2, 0.25) is 0 Å². The van der Waals surface area contributed by atoms with Gasteiger partial charge in [-0.3, -0.25) is 4.79 Å². The third-order valence-corrected chi connectivity index (χ3v) is 6.36. The normalized spacial score (nSPS) is 14.8. The van der Waals surface area contributed by atoms with Gasteiger partial charge in [0.25, 0.3) is 5.91 Å². The molecule has 5 rings (SSSR count). The molecule has 1 fully saturated rings. The number of aromatic nitrogens is 4. The SMILES string of the molecule is COc1ccc2[nH]cc(C3CCN(C(=O)c4ccc(-n5nc(C)cc5C)nc4)CC3)c2c1. The monoisotopic (exact) mass is 429 g/mol. The number of methoxy groups -OCH3 is 1. The summed E-state index contributed by atoms with van der Waals surface area (Å²) in [5.41, 5.74) is 5.01. The Bertz CT molecular complexity index is 1260. The van der Waals surface area contributed by atoms with Gasteiger partial charge in [0.1, 0.15) is 5.75 Å². The molecule has 4 heterocycles. The van der Waals surface area contributed by atoms with Crippen molar-refractivity contribution in [2.75, 3.05) is 20.2 Å². The summed E-state index contributed by atoms with van der Waals surface area (Å²) in [5.74, 6) is 2.05. The maximum Gasteiger partial charge on any atom is 0.255 e. The first-order valence-electron chi connectivity index (χ1n) is 11.0. The van der Waals surface area contributed by atoms with Gasteiger partial charge in [0.15, 0.2) is 5.82 Å². The molecule has 4 aromatic rings. The molecule has 7 nitrogen and oxygen atoms in total. The van der Waals surface area contributed by atoms with Crippen molar-refractivity contribution in [3.05, 3.63) is 71.3 Å². The van der Waals surface area contributed by atoms with Crippen molar-refractivity contribution in [1.29, 1.82) is 0 Å². The molecule has 0 bridgehead atoms. The number of carbonyl (C=O) groups is 1. The van der Waals surface area contributed by atoms with Crippen LogP contribution in [-0.4, -0.2) is 50.8 Å². The predicted molar refractivity (Wildman–Crippen MR) is 124 cm³/mol. The Morgan fingerprint density at radius 1 is 1.12 bits per heavy atom. The lowest BCUT2D eigenvalue weighted by Crippen LogP contribution is -2.38. The number of likely N-dealkylation sites (tertiary alicyclic amines) is 1. The second-order valence-corrected chi connectivity index (χ2v) is 8.47. The number of piperidine rings is 1. The first kappa shape index (κ1) is 20.3. The molecular weight excluding hydrogens is 402 g/mol. The van der Waals surface area contributed by atoms with E-state index in [1.807, 2.05) is 43.0 Å². The van der Waals surface area contributed by atoms with Gasteiger partial charge in [0.2, 0.25) is 0 Å². The summed E-state index contributed by atoms with van der Waals surface area (Å²) in [5, 5.41) is 5.66. The Morgan fingerprint density at radius 3 is 2.59 bits per heavy atom. The first-order chi connectivity index (χ1) is 15.5. The Labute approximate surface area is 187 Å². The summed E-state index contributed by atoms with van der Waals surface area (Å²) < 4.78 is 7.19. The molecule has 7 heteroatoms. The van der Waals surface area contributed by atoms with Crippen molar-refractivity contribution in [3.8, 4) is 11.6 Å². The van der Waals surface area contributed by atoms with Gasteiger partial charge in [-0.05, 0) is 74.6 Å². The maximum atomic E-state index is 13.0. The van der Waals surface area contributed by atoms with Crippen LogP contribution in [0.15, 0.2) is 48.8 Å². The van der Waals surface area contributed by atoms with E-state index in [-0.39, 0.29) is 5.91 Å². The molecule has 0 radical (unpaired) electrons. The quantitative estimate of drug-likeness (QED) is 0.522. The first-order valence-corrected chi connectivity index (χ1v) is 11.0. The molecule has 164 valence electrons. The van der Waals surface area contributed by atoms with Crippen LogP contribution < -0.4 is 4.74 Å².